The minimum Gasteiger partial charge on any atom is -0.339 e. The van der Waals surface area contributed by atoms with E-state index in [1.54, 1.807) is 28.8 Å². The summed E-state index contributed by atoms with van der Waals surface area (Å²) in [6.07, 6.45) is 2.32. The first kappa shape index (κ1) is 18.2. The molecule has 0 spiro atoms. The Morgan fingerprint density at radius 2 is 2.15 bits per heavy atom. The standard InChI is InChI=1S/C19H15BrFN3O2S/c1-27-14-4-2-3-13(9-14)24-10-12(8-17(24)25)19-22-18(23-26-19)11-5-6-16(21)15(20)7-11/h2-7,9,12H,8,10H2,1H3. The lowest BCUT2D eigenvalue weighted by Gasteiger charge is -2.16. The van der Waals surface area contributed by atoms with E-state index in [-0.39, 0.29) is 17.6 Å². The second-order valence-electron chi connectivity index (χ2n) is 6.19. The molecule has 1 aliphatic heterocycles. The van der Waals surface area contributed by atoms with E-state index in [1.807, 2.05) is 30.5 Å². The van der Waals surface area contributed by atoms with E-state index < -0.39 is 0 Å². The van der Waals surface area contributed by atoms with Gasteiger partial charge in [0.1, 0.15) is 5.82 Å². The molecule has 27 heavy (non-hydrogen) atoms. The molecule has 2 aromatic carbocycles. The van der Waals surface area contributed by atoms with Crippen LogP contribution >= 0.6 is 27.7 Å². The van der Waals surface area contributed by atoms with Crippen molar-refractivity contribution < 1.29 is 13.7 Å². The Morgan fingerprint density at radius 3 is 2.93 bits per heavy atom. The molecule has 5 nitrogen and oxygen atoms in total. The Morgan fingerprint density at radius 1 is 1.30 bits per heavy atom. The Labute approximate surface area is 168 Å². The van der Waals surface area contributed by atoms with Crippen LogP contribution in [-0.2, 0) is 4.79 Å². The number of anilines is 1. The molecule has 1 amide bonds. The van der Waals surface area contributed by atoms with Crippen molar-refractivity contribution in [2.45, 2.75) is 17.2 Å². The van der Waals surface area contributed by atoms with Crippen molar-refractivity contribution in [3.63, 3.8) is 0 Å². The number of carbonyl (C=O) groups is 1. The highest BCUT2D eigenvalue weighted by Crippen LogP contribution is 2.33. The van der Waals surface area contributed by atoms with Crippen LogP contribution in [0.15, 0.2) is 56.4 Å². The predicted octanol–water partition coefficient (Wildman–Crippen LogP) is 4.88. The summed E-state index contributed by atoms with van der Waals surface area (Å²) in [6, 6.07) is 12.4. The van der Waals surface area contributed by atoms with Gasteiger partial charge in [-0.15, -0.1) is 11.8 Å². The number of aromatic nitrogens is 2. The maximum absolute atomic E-state index is 13.4. The second kappa shape index (κ2) is 7.44. The van der Waals surface area contributed by atoms with Crippen LogP contribution in [0, 0.1) is 5.82 Å². The van der Waals surface area contributed by atoms with Crippen molar-refractivity contribution in [2.24, 2.45) is 0 Å². The number of rotatable bonds is 4. The number of hydrogen-bond donors (Lipinski definition) is 0. The van der Waals surface area contributed by atoms with Crippen LogP contribution in [0.2, 0.25) is 0 Å². The quantitative estimate of drug-likeness (QED) is 0.533. The summed E-state index contributed by atoms with van der Waals surface area (Å²) in [5.74, 6) is 0.304. The van der Waals surface area contributed by atoms with Gasteiger partial charge in [-0.25, -0.2) is 4.39 Å². The largest absolute Gasteiger partial charge is 0.339 e. The lowest BCUT2D eigenvalue weighted by atomic mass is 10.1. The number of thioether (sulfide) groups is 1. The van der Waals surface area contributed by atoms with Crippen molar-refractivity contribution in [1.29, 1.82) is 0 Å². The first-order valence-corrected chi connectivity index (χ1v) is 10.3. The zero-order valence-corrected chi connectivity index (χ0v) is 16.8. The summed E-state index contributed by atoms with van der Waals surface area (Å²) in [5.41, 5.74) is 1.52. The smallest absolute Gasteiger partial charge is 0.232 e. The van der Waals surface area contributed by atoms with Crippen LogP contribution in [0.3, 0.4) is 0 Å². The van der Waals surface area contributed by atoms with E-state index in [9.17, 15) is 9.18 Å². The third-order valence-electron chi connectivity index (χ3n) is 4.46. The second-order valence-corrected chi connectivity index (χ2v) is 7.93. The molecule has 1 unspecified atom stereocenters. The molecular weight excluding hydrogens is 433 g/mol. The summed E-state index contributed by atoms with van der Waals surface area (Å²) in [7, 11) is 0. The van der Waals surface area contributed by atoms with Crippen LogP contribution in [0.25, 0.3) is 11.4 Å². The van der Waals surface area contributed by atoms with E-state index in [1.165, 1.54) is 6.07 Å². The molecule has 2 heterocycles. The molecule has 4 rings (SSSR count). The van der Waals surface area contributed by atoms with Gasteiger partial charge in [-0.3, -0.25) is 4.79 Å². The van der Waals surface area contributed by atoms with Gasteiger partial charge in [-0.05, 0) is 58.6 Å². The van der Waals surface area contributed by atoms with E-state index in [4.69, 9.17) is 4.52 Å². The lowest BCUT2D eigenvalue weighted by molar-refractivity contribution is -0.117. The van der Waals surface area contributed by atoms with Crippen molar-refractivity contribution >= 4 is 39.3 Å². The summed E-state index contributed by atoms with van der Waals surface area (Å²) in [5, 5.41) is 3.99. The lowest BCUT2D eigenvalue weighted by Crippen LogP contribution is -2.24. The number of carbonyl (C=O) groups excluding carboxylic acids is 1. The fraction of sp³-hybridized carbons (Fsp3) is 0.211. The molecule has 8 heteroatoms. The maximum atomic E-state index is 13.4. The van der Waals surface area contributed by atoms with Gasteiger partial charge in [0.2, 0.25) is 17.6 Å². The molecule has 0 aliphatic carbocycles. The molecule has 1 aromatic heterocycles. The van der Waals surface area contributed by atoms with Gasteiger partial charge < -0.3 is 9.42 Å². The molecule has 1 saturated heterocycles. The summed E-state index contributed by atoms with van der Waals surface area (Å²) in [6.45, 7) is 0.491. The highest BCUT2D eigenvalue weighted by molar-refractivity contribution is 9.10. The molecule has 138 valence electrons. The minimum atomic E-state index is -0.355. The van der Waals surface area contributed by atoms with E-state index >= 15 is 0 Å². The van der Waals surface area contributed by atoms with Gasteiger partial charge >= 0.3 is 0 Å². The number of nitrogens with zero attached hydrogens (tertiary/aromatic N) is 3. The molecule has 0 bridgehead atoms. The zero-order valence-electron chi connectivity index (χ0n) is 14.4. The fourth-order valence-corrected chi connectivity index (χ4v) is 3.89. The zero-order chi connectivity index (χ0) is 19.0. The van der Waals surface area contributed by atoms with Crippen molar-refractivity contribution in [3.05, 3.63) is 58.6 Å². The average molecular weight is 448 g/mol. The van der Waals surface area contributed by atoms with Crippen LogP contribution in [0.4, 0.5) is 10.1 Å². The number of benzene rings is 2. The third-order valence-corrected chi connectivity index (χ3v) is 5.79. The summed E-state index contributed by atoms with van der Waals surface area (Å²) < 4.78 is 19.1. The molecule has 0 radical (unpaired) electrons. The monoisotopic (exact) mass is 447 g/mol. The van der Waals surface area contributed by atoms with E-state index in [2.05, 4.69) is 26.1 Å². The summed E-state index contributed by atoms with van der Waals surface area (Å²) >= 11 is 4.79. The maximum Gasteiger partial charge on any atom is 0.232 e. The number of hydrogen-bond acceptors (Lipinski definition) is 5. The van der Waals surface area contributed by atoms with Gasteiger partial charge in [0.25, 0.3) is 0 Å². The van der Waals surface area contributed by atoms with Gasteiger partial charge in [0.15, 0.2) is 0 Å². The fourth-order valence-electron chi connectivity index (χ4n) is 3.05. The summed E-state index contributed by atoms with van der Waals surface area (Å²) in [4.78, 5) is 19.8. The first-order valence-electron chi connectivity index (χ1n) is 8.28. The molecule has 3 aromatic rings. The van der Waals surface area contributed by atoms with Crippen LogP contribution in [0.1, 0.15) is 18.2 Å². The molecule has 0 N–H and O–H groups in total. The van der Waals surface area contributed by atoms with E-state index in [0.29, 0.717) is 34.7 Å². The topological polar surface area (TPSA) is 59.2 Å². The van der Waals surface area contributed by atoms with Gasteiger partial charge in [-0.1, -0.05) is 11.2 Å². The van der Waals surface area contributed by atoms with Crippen molar-refractivity contribution in [2.75, 3.05) is 17.7 Å². The molecule has 1 aliphatic rings. The molecule has 0 saturated carbocycles. The van der Waals surface area contributed by atoms with E-state index in [0.717, 1.165) is 10.6 Å². The van der Waals surface area contributed by atoms with Gasteiger partial charge in [0.05, 0.1) is 10.4 Å². The number of amides is 1. The highest BCUT2D eigenvalue weighted by Gasteiger charge is 2.35. The van der Waals surface area contributed by atoms with Gasteiger partial charge in [-0.2, -0.15) is 4.98 Å². The van der Waals surface area contributed by atoms with Crippen LogP contribution in [0.5, 0.6) is 0 Å². The highest BCUT2D eigenvalue weighted by atomic mass is 79.9. The SMILES string of the molecule is CSc1cccc(N2CC(c3nc(-c4ccc(F)c(Br)c4)no3)CC2=O)c1. The van der Waals surface area contributed by atoms with Crippen molar-refractivity contribution in [1.82, 2.24) is 10.1 Å². The predicted molar refractivity (Wildman–Crippen MR) is 105 cm³/mol. The minimum absolute atomic E-state index is 0.0301. The van der Waals surface area contributed by atoms with Crippen LogP contribution in [-0.4, -0.2) is 28.8 Å². The van der Waals surface area contributed by atoms with Crippen molar-refractivity contribution in [3.8, 4) is 11.4 Å². The van der Waals surface area contributed by atoms with Crippen LogP contribution < -0.4 is 4.90 Å². The molecular formula is C19H15BrFN3O2S. The number of halogens is 2. The molecule has 1 atom stereocenters. The average Bonchev–Trinajstić information content (AvgIpc) is 3.31. The Balaban J connectivity index is 1.55. The van der Waals surface area contributed by atoms with Gasteiger partial charge in [0, 0.05) is 29.1 Å². The Bertz CT molecular complexity index is 1010. The third kappa shape index (κ3) is 3.64. The Hall–Kier alpha value is -2.19. The Kier molecular flexibility index (Phi) is 5.01. The molecule has 1 fully saturated rings. The first-order chi connectivity index (χ1) is 13.0. The normalized spacial score (nSPS) is 16.9.